The normalized spacial score (nSPS) is 14.9. The first-order valence-corrected chi connectivity index (χ1v) is 7.08. The Bertz CT molecular complexity index is 350. The molecule has 1 rings (SSSR count). The van der Waals surface area contributed by atoms with Gasteiger partial charge in [-0.2, -0.15) is 0 Å². The van der Waals surface area contributed by atoms with Crippen LogP contribution < -0.4 is 5.73 Å². The van der Waals surface area contributed by atoms with E-state index in [4.69, 9.17) is 5.73 Å². The maximum Gasteiger partial charge on any atom is 0.0304 e. The SMILES string of the molecule is CN(C)CCN(C)C(C)(CN)CCc1ccccc1. The summed E-state index contributed by atoms with van der Waals surface area (Å²) in [5.74, 6) is 0. The highest BCUT2D eigenvalue weighted by molar-refractivity contribution is 5.15. The minimum absolute atomic E-state index is 0.0752. The van der Waals surface area contributed by atoms with E-state index in [0.29, 0.717) is 6.54 Å². The molecule has 0 bridgehead atoms. The largest absolute Gasteiger partial charge is 0.329 e. The smallest absolute Gasteiger partial charge is 0.0304 e. The Hall–Kier alpha value is -0.900. The van der Waals surface area contributed by atoms with E-state index in [-0.39, 0.29) is 5.54 Å². The van der Waals surface area contributed by atoms with Crippen LogP contribution in [0.1, 0.15) is 18.9 Å². The molecule has 0 aliphatic heterocycles. The molecule has 0 amide bonds. The van der Waals surface area contributed by atoms with Crippen molar-refractivity contribution in [3.05, 3.63) is 35.9 Å². The molecule has 1 aromatic rings. The molecule has 108 valence electrons. The minimum Gasteiger partial charge on any atom is -0.329 e. The van der Waals surface area contributed by atoms with E-state index >= 15 is 0 Å². The summed E-state index contributed by atoms with van der Waals surface area (Å²) in [5, 5.41) is 0. The van der Waals surface area contributed by atoms with Crippen LogP contribution >= 0.6 is 0 Å². The number of hydrogen-bond donors (Lipinski definition) is 1. The Balaban J connectivity index is 2.54. The van der Waals surface area contributed by atoms with Crippen molar-refractivity contribution in [2.45, 2.75) is 25.3 Å². The molecule has 19 heavy (non-hydrogen) atoms. The van der Waals surface area contributed by atoms with Crippen molar-refractivity contribution in [2.75, 3.05) is 40.8 Å². The number of likely N-dealkylation sites (N-methyl/N-ethyl adjacent to an activating group) is 2. The highest BCUT2D eigenvalue weighted by Gasteiger charge is 2.27. The number of hydrogen-bond acceptors (Lipinski definition) is 3. The molecule has 0 aliphatic rings. The van der Waals surface area contributed by atoms with Crippen LogP contribution in [0.2, 0.25) is 0 Å². The van der Waals surface area contributed by atoms with Crippen molar-refractivity contribution >= 4 is 0 Å². The van der Waals surface area contributed by atoms with Gasteiger partial charge in [-0.15, -0.1) is 0 Å². The van der Waals surface area contributed by atoms with E-state index in [2.05, 4.69) is 68.2 Å². The second kappa shape index (κ2) is 7.63. The second-order valence-corrected chi connectivity index (χ2v) is 5.91. The van der Waals surface area contributed by atoms with Gasteiger partial charge in [0.15, 0.2) is 0 Å². The molecule has 0 saturated heterocycles. The van der Waals surface area contributed by atoms with Crippen LogP contribution in [0.15, 0.2) is 30.3 Å². The van der Waals surface area contributed by atoms with Gasteiger partial charge in [-0.3, -0.25) is 4.90 Å². The third-order valence-corrected chi connectivity index (χ3v) is 4.04. The number of nitrogens with two attached hydrogens (primary N) is 1. The molecular weight excluding hydrogens is 234 g/mol. The van der Waals surface area contributed by atoms with E-state index in [9.17, 15) is 0 Å². The van der Waals surface area contributed by atoms with Crippen LogP contribution in [0.5, 0.6) is 0 Å². The van der Waals surface area contributed by atoms with E-state index in [1.165, 1.54) is 5.56 Å². The maximum absolute atomic E-state index is 6.02. The molecule has 0 aromatic heterocycles. The van der Waals surface area contributed by atoms with Gasteiger partial charge in [0.25, 0.3) is 0 Å². The monoisotopic (exact) mass is 263 g/mol. The van der Waals surface area contributed by atoms with E-state index < -0.39 is 0 Å². The van der Waals surface area contributed by atoms with Crippen molar-refractivity contribution in [3.8, 4) is 0 Å². The Labute approximate surface area is 118 Å². The van der Waals surface area contributed by atoms with Gasteiger partial charge in [-0.25, -0.2) is 0 Å². The van der Waals surface area contributed by atoms with E-state index in [1.807, 2.05) is 0 Å². The minimum atomic E-state index is 0.0752. The summed E-state index contributed by atoms with van der Waals surface area (Å²) in [5.41, 5.74) is 7.49. The van der Waals surface area contributed by atoms with Gasteiger partial charge in [0.05, 0.1) is 0 Å². The van der Waals surface area contributed by atoms with Crippen molar-refractivity contribution in [1.29, 1.82) is 0 Å². The zero-order chi connectivity index (χ0) is 14.3. The first kappa shape index (κ1) is 16.2. The van der Waals surface area contributed by atoms with E-state index in [0.717, 1.165) is 25.9 Å². The molecule has 0 spiro atoms. The number of benzene rings is 1. The third-order valence-electron chi connectivity index (χ3n) is 4.04. The van der Waals surface area contributed by atoms with Gasteiger partial charge < -0.3 is 10.6 Å². The van der Waals surface area contributed by atoms with Crippen LogP contribution in [0.25, 0.3) is 0 Å². The first-order valence-electron chi connectivity index (χ1n) is 7.08. The maximum atomic E-state index is 6.02. The van der Waals surface area contributed by atoms with Gasteiger partial charge in [0.1, 0.15) is 0 Å². The summed E-state index contributed by atoms with van der Waals surface area (Å²) in [6.07, 6.45) is 2.18. The topological polar surface area (TPSA) is 32.5 Å². The van der Waals surface area contributed by atoms with Gasteiger partial charge >= 0.3 is 0 Å². The summed E-state index contributed by atoms with van der Waals surface area (Å²) >= 11 is 0. The fourth-order valence-electron chi connectivity index (χ4n) is 2.13. The molecule has 1 aromatic carbocycles. The summed E-state index contributed by atoms with van der Waals surface area (Å²) < 4.78 is 0. The summed E-state index contributed by atoms with van der Waals surface area (Å²) in [6.45, 7) is 5.09. The fourth-order valence-corrected chi connectivity index (χ4v) is 2.13. The summed E-state index contributed by atoms with van der Waals surface area (Å²) in [7, 11) is 6.40. The predicted octanol–water partition coefficient (Wildman–Crippen LogP) is 1.83. The molecule has 0 saturated carbocycles. The van der Waals surface area contributed by atoms with E-state index in [1.54, 1.807) is 0 Å². The Morgan fingerprint density at radius 2 is 1.68 bits per heavy atom. The van der Waals surface area contributed by atoms with Crippen molar-refractivity contribution < 1.29 is 0 Å². The first-order chi connectivity index (χ1) is 8.98. The summed E-state index contributed by atoms with van der Waals surface area (Å²) in [4.78, 5) is 4.61. The number of aryl methyl sites for hydroxylation is 1. The lowest BCUT2D eigenvalue weighted by Gasteiger charge is -2.39. The van der Waals surface area contributed by atoms with Crippen molar-refractivity contribution in [1.82, 2.24) is 9.80 Å². The predicted molar refractivity (Wildman–Crippen MR) is 83.4 cm³/mol. The van der Waals surface area contributed by atoms with Crippen LogP contribution in [-0.2, 0) is 6.42 Å². The Morgan fingerprint density at radius 3 is 2.21 bits per heavy atom. The van der Waals surface area contributed by atoms with Crippen LogP contribution in [-0.4, -0.2) is 56.1 Å². The van der Waals surface area contributed by atoms with Crippen LogP contribution in [0.3, 0.4) is 0 Å². The molecular formula is C16H29N3. The fraction of sp³-hybridized carbons (Fsp3) is 0.625. The van der Waals surface area contributed by atoms with Gasteiger partial charge in [-0.1, -0.05) is 30.3 Å². The molecule has 0 aliphatic carbocycles. The summed E-state index contributed by atoms with van der Waals surface area (Å²) in [6, 6.07) is 10.7. The molecule has 0 fully saturated rings. The molecule has 3 nitrogen and oxygen atoms in total. The molecule has 0 radical (unpaired) electrons. The molecule has 0 heterocycles. The highest BCUT2D eigenvalue weighted by Crippen LogP contribution is 2.19. The molecule has 3 heteroatoms. The van der Waals surface area contributed by atoms with Crippen molar-refractivity contribution in [3.63, 3.8) is 0 Å². The zero-order valence-corrected chi connectivity index (χ0v) is 12.9. The Kier molecular flexibility index (Phi) is 6.49. The van der Waals surface area contributed by atoms with Crippen molar-refractivity contribution in [2.24, 2.45) is 5.73 Å². The van der Waals surface area contributed by atoms with Gasteiger partial charge in [-0.05, 0) is 46.5 Å². The van der Waals surface area contributed by atoms with Gasteiger partial charge in [0, 0.05) is 25.2 Å². The second-order valence-electron chi connectivity index (χ2n) is 5.91. The number of nitrogens with zero attached hydrogens (tertiary/aromatic N) is 2. The average molecular weight is 263 g/mol. The molecule has 1 atom stereocenters. The lowest BCUT2D eigenvalue weighted by molar-refractivity contribution is 0.124. The average Bonchev–Trinajstić information content (AvgIpc) is 2.43. The molecule has 1 unspecified atom stereocenters. The standard InChI is InChI=1S/C16H29N3/c1-16(14-17,19(4)13-12-18(2)3)11-10-15-8-6-5-7-9-15/h5-9H,10-14,17H2,1-4H3. The molecule has 2 N–H and O–H groups in total. The lowest BCUT2D eigenvalue weighted by atomic mass is 9.91. The van der Waals surface area contributed by atoms with Gasteiger partial charge in [0.2, 0.25) is 0 Å². The van der Waals surface area contributed by atoms with Crippen LogP contribution in [0, 0.1) is 0 Å². The van der Waals surface area contributed by atoms with Crippen LogP contribution in [0.4, 0.5) is 0 Å². The Morgan fingerprint density at radius 1 is 1.05 bits per heavy atom. The quantitative estimate of drug-likeness (QED) is 0.776. The zero-order valence-electron chi connectivity index (χ0n) is 12.9. The lowest BCUT2D eigenvalue weighted by Crippen LogP contribution is -2.51. The third kappa shape index (κ3) is 5.31. The highest BCUT2D eigenvalue weighted by atomic mass is 15.2. The number of rotatable bonds is 8.